The Labute approximate surface area is 161 Å². The first-order valence-corrected chi connectivity index (χ1v) is 8.84. The molecule has 3 rings (SSSR count). The van der Waals surface area contributed by atoms with Crippen molar-refractivity contribution in [1.29, 1.82) is 5.26 Å². The number of aldehydes is 1. The topological polar surface area (TPSA) is 113 Å². The summed E-state index contributed by atoms with van der Waals surface area (Å²) >= 11 is 0. The summed E-state index contributed by atoms with van der Waals surface area (Å²) in [6.45, 7) is 0.602. The van der Waals surface area contributed by atoms with Crippen LogP contribution < -0.4 is 15.1 Å². The number of cyclic esters (lactones) is 1. The summed E-state index contributed by atoms with van der Waals surface area (Å²) < 4.78 is 19.2. The van der Waals surface area contributed by atoms with Crippen LogP contribution >= 0.6 is 0 Å². The number of amides is 2. The fourth-order valence-electron chi connectivity index (χ4n) is 3.71. The van der Waals surface area contributed by atoms with Gasteiger partial charge >= 0.3 is 6.09 Å². The van der Waals surface area contributed by atoms with Crippen LogP contribution in [-0.4, -0.2) is 50.6 Å². The van der Waals surface area contributed by atoms with Gasteiger partial charge in [0.2, 0.25) is 6.10 Å². The van der Waals surface area contributed by atoms with E-state index in [4.69, 9.17) is 15.7 Å². The van der Waals surface area contributed by atoms with Crippen molar-refractivity contribution in [2.24, 2.45) is 5.73 Å². The molecule has 8 nitrogen and oxygen atoms in total. The van der Waals surface area contributed by atoms with Gasteiger partial charge in [0, 0.05) is 31.3 Å². The number of carbonyl (C=O) groups is 3. The number of hydrogen-bond acceptors (Lipinski definition) is 6. The first-order chi connectivity index (χ1) is 13.4. The summed E-state index contributed by atoms with van der Waals surface area (Å²) in [5, 5.41) is 8.73. The summed E-state index contributed by atoms with van der Waals surface area (Å²) in [5.74, 6) is -1.31. The quantitative estimate of drug-likeness (QED) is 0.464. The molecule has 9 heteroatoms. The van der Waals surface area contributed by atoms with Gasteiger partial charge in [0.25, 0.3) is 5.91 Å². The number of primary amides is 1. The van der Waals surface area contributed by atoms with E-state index >= 15 is 0 Å². The van der Waals surface area contributed by atoms with Crippen LogP contribution in [0.1, 0.15) is 12.8 Å². The van der Waals surface area contributed by atoms with E-state index in [1.54, 1.807) is 12.1 Å². The number of allylic oxidation sites excluding steroid dienone is 1. The van der Waals surface area contributed by atoms with E-state index in [1.165, 1.54) is 12.1 Å². The Hall–Kier alpha value is -3.25. The molecule has 2 aliphatic rings. The molecule has 2 atom stereocenters. The number of nitrogens with zero attached hydrogens (tertiary/aromatic N) is 3. The van der Waals surface area contributed by atoms with Gasteiger partial charge in [-0.15, -0.1) is 0 Å². The van der Waals surface area contributed by atoms with E-state index in [9.17, 15) is 18.8 Å². The number of hydrogen-bond donors (Lipinski definition) is 1. The van der Waals surface area contributed by atoms with Crippen LogP contribution in [0, 0.1) is 17.1 Å². The van der Waals surface area contributed by atoms with Gasteiger partial charge < -0.3 is 15.4 Å². The van der Waals surface area contributed by atoms with Gasteiger partial charge in [-0.3, -0.25) is 9.59 Å². The van der Waals surface area contributed by atoms with E-state index in [-0.39, 0.29) is 12.2 Å². The average Bonchev–Trinajstić information content (AvgIpc) is 2.99. The fraction of sp³-hybridized carbons (Fsp3) is 0.368. The maximum Gasteiger partial charge on any atom is 0.522 e. The second kappa shape index (κ2) is 7.78. The Morgan fingerprint density at radius 3 is 2.68 bits per heavy atom. The number of quaternary nitrogens is 1. The molecule has 2 amide bonds. The molecule has 2 heterocycles. The zero-order valence-electron chi connectivity index (χ0n) is 15.1. The highest BCUT2D eigenvalue weighted by atomic mass is 19.1. The molecule has 146 valence electrons. The monoisotopic (exact) mass is 387 g/mol. The van der Waals surface area contributed by atoms with Crippen molar-refractivity contribution in [1.82, 2.24) is 4.48 Å². The van der Waals surface area contributed by atoms with E-state index in [0.29, 0.717) is 37.9 Å². The van der Waals surface area contributed by atoms with Gasteiger partial charge in [-0.1, -0.05) is 5.57 Å². The van der Waals surface area contributed by atoms with Crippen LogP contribution in [0.5, 0.6) is 0 Å². The lowest BCUT2D eigenvalue weighted by Crippen LogP contribution is -2.55. The number of nitriles is 1. The number of piperidine rings is 1. The molecule has 1 aromatic rings. The summed E-state index contributed by atoms with van der Waals surface area (Å²) in [5.41, 5.74) is 6.89. The van der Waals surface area contributed by atoms with Crippen LogP contribution in [0.4, 0.5) is 20.6 Å². The number of anilines is 1. The molecule has 0 aliphatic carbocycles. The number of benzene rings is 1. The predicted molar refractivity (Wildman–Crippen MR) is 98.6 cm³/mol. The molecule has 0 radical (unpaired) electrons. The molecule has 2 fully saturated rings. The average molecular weight is 387 g/mol. The maximum absolute atomic E-state index is 14.9. The molecule has 1 unspecified atom stereocenters. The molecule has 0 saturated carbocycles. The van der Waals surface area contributed by atoms with Crippen molar-refractivity contribution in [3.8, 4) is 6.07 Å². The van der Waals surface area contributed by atoms with Crippen molar-refractivity contribution >= 4 is 29.7 Å². The summed E-state index contributed by atoms with van der Waals surface area (Å²) in [7, 11) is 0. The van der Waals surface area contributed by atoms with Crippen LogP contribution in [0.3, 0.4) is 0 Å². The molecule has 2 saturated heterocycles. The number of ether oxygens (including phenoxy) is 1. The molecule has 0 aromatic heterocycles. The SMILES string of the molecule is N#CC=C1CCN(c2ccc([N@@+]3(CC(N)=O)CC(C=O)OC3=O)cc2F)CC1. The minimum Gasteiger partial charge on any atom is -0.403 e. The van der Waals surface area contributed by atoms with E-state index in [2.05, 4.69) is 0 Å². The Morgan fingerprint density at radius 2 is 2.14 bits per heavy atom. The third-order valence-electron chi connectivity index (χ3n) is 5.11. The van der Waals surface area contributed by atoms with Crippen molar-refractivity contribution in [2.75, 3.05) is 31.1 Å². The molecular weight excluding hydrogens is 367 g/mol. The molecule has 0 bridgehead atoms. The number of nitrogens with two attached hydrogens (primary N) is 1. The van der Waals surface area contributed by atoms with Crippen molar-refractivity contribution in [3.05, 3.63) is 35.7 Å². The third-order valence-corrected chi connectivity index (χ3v) is 5.11. The Bertz CT molecular complexity index is 884. The largest absolute Gasteiger partial charge is 0.522 e. The van der Waals surface area contributed by atoms with Gasteiger partial charge in [-0.25, -0.2) is 4.39 Å². The van der Waals surface area contributed by atoms with Crippen LogP contribution in [0.15, 0.2) is 29.8 Å². The van der Waals surface area contributed by atoms with Gasteiger partial charge in [0.15, 0.2) is 18.6 Å². The van der Waals surface area contributed by atoms with Gasteiger partial charge in [0.1, 0.15) is 12.2 Å². The molecule has 1 aromatic carbocycles. The highest BCUT2D eigenvalue weighted by Crippen LogP contribution is 2.34. The Balaban J connectivity index is 1.89. The molecule has 2 N–H and O–H groups in total. The van der Waals surface area contributed by atoms with Crippen molar-refractivity contribution in [2.45, 2.75) is 18.9 Å². The minimum absolute atomic E-state index is 0.115. The number of rotatable bonds is 5. The first-order valence-electron chi connectivity index (χ1n) is 8.84. The van der Waals surface area contributed by atoms with Crippen LogP contribution in [0.2, 0.25) is 0 Å². The second-order valence-corrected chi connectivity index (χ2v) is 6.89. The zero-order valence-corrected chi connectivity index (χ0v) is 15.1. The molecule has 28 heavy (non-hydrogen) atoms. The van der Waals surface area contributed by atoms with Crippen LogP contribution in [0.25, 0.3) is 0 Å². The van der Waals surface area contributed by atoms with E-state index in [0.717, 1.165) is 5.57 Å². The molecule has 2 aliphatic heterocycles. The summed E-state index contributed by atoms with van der Waals surface area (Å²) in [6, 6.07) is 6.30. The van der Waals surface area contributed by atoms with Gasteiger partial charge in [0.05, 0.1) is 11.8 Å². The number of halogens is 1. The van der Waals surface area contributed by atoms with Gasteiger partial charge in [-0.05, 0) is 18.9 Å². The number of carbonyl (C=O) groups excluding carboxylic acids is 3. The molecule has 0 spiro atoms. The normalized spacial score (nSPS) is 24.4. The first kappa shape index (κ1) is 19.5. The Kier molecular flexibility index (Phi) is 5.42. The molecular formula is C19H20FN4O4+. The highest BCUT2D eigenvalue weighted by Gasteiger charge is 2.52. The van der Waals surface area contributed by atoms with E-state index < -0.39 is 34.9 Å². The Morgan fingerprint density at radius 1 is 1.43 bits per heavy atom. The predicted octanol–water partition coefficient (Wildman–Crippen LogP) is 1.39. The smallest absolute Gasteiger partial charge is 0.403 e. The lowest BCUT2D eigenvalue weighted by Gasteiger charge is -2.31. The van der Waals surface area contributed by atoms with E-state index in [1.807, 2.05) is 11.0 Å². The highest BCUT2D eigenvalue weighted by molar-refractivity contribution is 5.93. The minimum atomic E-state index is -1.01. The zero-order chi connectivity index (χ0) is 20.3. The van der Waals surface area contributed by atoms with Crippen molar-refractivity contribution in [3.63, 3.8) is 0 Å². The third kappa shape index (κ3) is 3.59. The lowest BCUT2D eigenvalue weighted by molar-refractivity contribution is -0.118. The standard InChI is InChI=1S/C19H19FN4O4/c20-16-9-14(24(11-18(22)26)10-15(12-25)28-19(24)27)1-2-17(16)23-7-4-13(3-6-21)5-8-23/h1-3,9,12,15H,4-5,7-8,10-11H2,(H-,22,26)/p+1/t15?,24-/m0/s1. The fourth-order valence-corrected chi connectivity index (χ4v) is 3.71. The van der Waals surface area contributed by atoms with Gasteiger partial charge in [-0.2, -0.15) is 14.5 Å². The van der Waals surface area contributed by atoms with Crippen molar-refractivity contribution < 1.29 is 23.5 Å². The summed E-state index contributed by atoms with van der Waals surface area (Å²) in [4.78, 5) is 36.9. The second-order valence-electron chi connectivity index (χ2n) is 6.89. The maximum atomic E-state index is 14.9. The summed E-state index contributed by atoms with van der Waals surface area (Å²) in [6.07, 6.45) is 1.52. The van der Waals surface area contributed by atoms with Crippen LogP contribution in [-0.2, 0) is 14.3 Å². The lowest BCUT2D eigenvalue weighted by atomic mass is 10.0.